The maximum atomic E-state index is 10.9. The summed E-state index contributed by atoms with van der Waals surface area (Å²) in [6.07, 6.45) is 3.36. The van der Waals surface area contributed by atoms with E-state index >= 15 is 0 Å². The second kappa shape index (κ2) is 4.06. The van der Waals surface area contributed by atoms with Crippen LogP contribution in [0.4, 0.5) is 10.5 Å². The normalized spacial score (nSPS) is 10.1. The summed E-state index contributed by atoms with van der Waals surface area (Å²) in [5.74, 6) is 0.567. The van der Waals surface area contributed by atoms with Crippen molar-refractivity contribution in [3.8, 4) is 5.75 Å². The Morgan fingerprint density at radius 2 is 2.25 bits per heavy atom. The molecule has 0 bridgehead atoms. The average Bonchev–Trinajstić information content (AvgIpc) is 2.29. The molecule has 2 amide bonds. The van der Waals surface area contributed by atoms with E-state index in [0.717, 1.165) is 10.8 Å². The number of hydrogen-bond donors (Lipinski definition) is 2. The predicted octanol–water partition coefficient (Wildman–Crippen LogP) is 1.73. The lowest BCUT2D eigenvalue weighted by Crippen LogP contribution is -2.19. The molecule has 1 heterocycles. The molecule has 5 nitrogen and oxygen atoms in total. The maximum Gasteiger partial charge on any atom is 0.316 e. The summed E-state index contributed by atoms with van der Waals surface area (Å²) in [4.78, 5) is 14.9. The van der Waals surface area contributed by atoms with Crippen LogP contribution in [0.2, 0.25) is 0 Å². The highest BCUT2D eigenvalue weighted by atomic mass is 16.5. The van der Waals surface area contributed by atoms with Crippen LogP contribution in [0.5, 0.6) is 5.75 Å². The molecular formula is C11H11N3O2. The van der Waals surface area contributed by atoms with E-state index in [1.165, 1.54) is 7.11 Å². The molecular weight excluding hydrogens is 206 g/mol. The number of hydrogen-bond acceptors (Lipinski definition) is 3. The van der Waals surface area contributed by atoms with Gasteiger partial charge in [-0.2, -0.15) is 0 Å². The molecule has 0 aliphatic heterocycles. The van der Waals surface area contributed by atoms with E-state index in [9.17, 15) is 4.79 Å². The van der Waals surface area contributed by atoms with Crippen LogP contribution in [0.3, 0.4) is 0 Å². The minimum atomic E-state index is -0.623. The number of nitrogens with two attached hydrogens (primary N) is 1. The Kier molecular flexibility index (Phi) is 2.59. The molecule has 0 radical (unpaired) electrons. The van der Waals surface area contributed by atoms with E-state index in [-0.39, 0.29) is 0 Å². The van der Waals surface area contributed by atoms with Crippen molar-refractivity contribution in [3.05, 3.63) is 30.6 Å². The first kappa shape index (κ1) is 10.2. The lowest BCUT2D eigenvalue weighted by molar-refractivity contribution is 0.259. The van der Waals surface area contributed by atoms with E-state index < -0.39 is 6.03 Å². The molecule has 0 aliphatic carbocycles. The lowest BCUT2D eigenvalue weighted by atomic mass is 10.1. The maximum absolute atomic E-state index is 10.9. The number of aromatic nitrogens is 1. The van der Waals surface area contributed by atoms with Crippen LogP contribution in [0.1, 0.15) is 0 Å². The Hall–Kier alpha value is -2.30. The number of nitrogens with zero attached hydrogens (tertiary/aromatic N) is 1. The Morgan fingerprint density at radius 1 is 1.44 bits per heavy atom. The van der Waals surface area contributed by atoms with Crippen LogP contribution in [-0.2, 0) is 0 Å². The van der Waals surface area contributed by atoms with E-state index in [4.69, 9.17) is 10.5 Å². The number of anilines is 1. The molecule has 2 aromatic rings. The van der Waals surface area contributed by atoms with Crippen molar-refractivity contribution in [2.75, 3.05) is 12.4 Å². The van der Waals surface area contributed by atoms with Gasteiger partial charge < -0.3 is 15.8 Å². The van der Waals surface area contributed by atoms with Gasteiger partial charge in [-0.25, -0.2) is 4.79 Å². The van der Waals surface area contributed by atoms with Crippen molar-refractivity contribution in [3.63, 3.8) is 0 Å². The summed E-state index contributed by atoms with van der Waals surface area (Å²) in [5.41, 5.74) is 5.68. The van der Waals surface area contributed by atoms with Gasteiger partial charge in [-0.05, 0) is 18.2 Å². The van der Waals surface area contributed by atoms with E-state index in [0.29, 0.717) is 11.4 Å². The zero-order valence-corrected chi connectivity index (χ0v) is 8.73. The first-order valence-electron chi connectivity index (χ1n) is 4.69. The molecule has 3 N–H and O–H groups in total. The number of pyridine rings is 1. The van der Waals surface area contributed by atoms with Gasteiger partial charge in [0.25, 0.3) is 0 Å². The summed E-state index contributed by atoms with van der Waals surface area (Å²) < 4.78 is 5.16. The van der Waals surface area contributed by atoms with Crippen molar-refractivity contribution in [1.82, 2.24) is 4.98 Å². The Balaban J connectivity index is 2.67. The zero-order chi connectivity index (χ0) is 11.5. The summed E-state index contributed by atoms with van der Waals surface area (Å²) in [7, 11) is 1.54. The Bertz CT molecular complexity index is 540. The van der Waals surface area contributed by atoms with Crippen LogP contribution in [0, 0.1) is 0 Å². The lowest BCUT2D eigenvalue weighted by Gasteiger charge is -2.11. The van der Waals surface area contributed by atoms with Gasteiger partial charge in [0.1, 0.15) is 5.75 Å². The quantitative estimate of drug-likeness (QED) is 0.804. The second-order valence-corrected chi connectivity index (χ2v) is 3.23. The van der Waals surface area contributed by atoms with Crippen molar-refractivity contribution >= 4 is 22.5 Å². The standard InChI is InChI=1S/C11H11N3O2/c1-16-9-3-2-7-6-13-5-4-8(7)10(9)14-11(12)15/h2-6H,1H3,(H3,12,14,15). The summed E-state index contributed by atoms with van der Waals surface area (Å²) in [6, 6.07) is 4.80. The van der Waals surface area contributed by atoms with Crippen LogP contribution >= 0.6 is 0 Å². The monoisotopic (exact) mass is 217 g/mol. The van der Waals surface area contributed by atoms with Crippen LogP contribution in [0.25, 0.3) is 10.8 Å². The first-order chi connectivity index (χ1) is 7.72. The Morgan fingerprint density at radius 3 is 2.94 bits per heavy atom. The molecule has 82 valence electrons. The van der Waals surface area contributed by atoms with Crippen molar-refractivity contribution in [2.24, 2.45) is 5.73 Å². The molecule has 0 atom stereocenters. The number of carbonyl (C=O) groups is 1. The molecule has 1 aromatic heterocycles. The van der Waals surface area contributed by atoms with Gasteiger partial charge in [-0.15, -0.1) is 0 Å². The van der Waals surface area contributed by atoms with Gasteiger partial charge in [0.15, 0.2) is 0 Å². The van der Waals surface area contributed by atoms with Crippen molar-refractivity contribution in [2.45, 2.75) is 0 Å². The number of rotatable bonds is 2. The Labute approximate surface area is 92.2 Å². The van der Waals surface area contributed by atoms with Gasteiger partial charge in [0.05, 0.1) is 12.8 Å². The number of ether oxygens (including phenoxy) is 1. The molecule has 0 saturated heterocycles. The molecule has 0 spiro atoms. The molecule has 0 fully saturated rings. The molecule has 16 heavy (non-hydrogen) atoms. The van der Waals surface area contributed by atoms with Gasteiger partial charge in [-0.3, -0.25) is 4.98 Å². The minimum Gasteiger partial charge on any atom is -0.495 e. The van der Waals surface area contributed by atoms with Crippen LogP contribution in [-0.4, -0.2) is 18.1 Å². The van der Waals surface area contributed by atoms with Gasteiger partial charge in [-0.1, -0.05) is 0 Å². The first-order valence-corrected chi connectivity index (χ1v) is 4.69. The van der Waals surface area contributed by atoms with Gasteiger partial charge in [0.2, 0.25) is 0 Å². The fraction of sp³-hybridized carbons (Fsp3) is 0.0909. The third-order valence-corrected chi connectivity index (χ3v) is 2.25. The van der Waals surface area contributed by atoms with Crippen LogP contribution < -0.4 is 15.8 Å². The fourth-order valence-electron chi connectivity index (χ4n) is 1.57. The van der Waals surface area contributed by atoms with Crippen molar-refractivity contribution in [1.29, 1.82) is 0 Å². The molecule has 0 aliphatic rings. The molecule has 1 aromatic carbocycles. The second-order valence-electron chi connectivity index (χ2n) is 3.23. The number of benzene rings is 1. The summed E-state index contributed by atoms with van der Waals surface area (Å²) in [6.45, 7) is 0. The predicted molar refractivity (Wildman–Crippen MR) is 61.5 cm³/mol. The van der Waals surface area contributed by atoms with Gasteiger partial charge in [0, 0.05) is 23.2 Å². The largest absolute Gasteiger partial charge is 0.495 e. The topological polar surface area (TPSA) is 77.2 Å². The number of nitrogens with one attached hydrogen (secondary N) is 1. The number of fused-ring (bicyclic) bond motifs is 1. The molecule has 0 unspecified atom stereocenters. The average molecular weight is 217 g/mol. The van der Waals surface area contributed by atoms with Crippen molar-refractivity contribution < 1.29 is 9.53 Å². The zero-order valence-electron chi connectivity index (χ0n) is 8.73. The highest BCUT2D eigenvalue weighted by Gasteiger charge is 2.09. The summed E-state index contributed by atoms with van der Waals surface area (Å²) >= 11 is 0. The summed E-state index contributed by atoms with van der Waals surface area (Å²) in [5, 5.41) is 4.30. The van der Waals surface area contributed by atoms with Gasteiger partial charge >= 0.3 is 6.03 Å². The highest BCUT2D eigenvalue weighted by Crippen LogP contribution is 2.32. The number of amides is 2. The van der Waals surface area contributed by atoms with E-state index in [2.05, 4.69) is 10.3 Å². The number of carbonyl (C=O) groups excluding carboxylic acids is 1. The number of urea groups is 1. The third-order valence-electron chi connectivity index (χ3n) is 2.25. The minimum absolute atomic E-state index is 0.565. The third kappa shape index (κ3) is 1.75. The number of methoxy groups -OCH3 is 1. The fourth-order valence-corrected chi connectivity index (χ4v) is 1.57. The number of primary amides is 1. The SMILES string of the molecule is COc1ccc2cnccc2c1NC(N)=O. The highest BCUT2D eigenvalue weighted by molar-refractivity contribution is 6.03. The molecule has 0 saturated carbocycles. The van der Waals surface area contributed by atoms with E-state index in [1.54, 1.807) is 24.5 Å². The van der Waals surface area contributed by atoms with E-state index in [1.807, 2.05) is 6.07 Å². The molecule has 5 heteroatoms. The molecule has 2 rings (SSSR count). The van der Waals surface area contributed by atoms with Crippen LogP contribution in [0.15, 0.2) is 30.6 Å². The smallest absolute Gasteiger partial charge is 0.316 e.